The lowest BCUT2D eigenvalue weighted by molar-refractivity contribution is 0.0959. The van der Waals surface area contributed by atoms with Crippen molar-refractivity contribution >= 4 is 63.3 Å². The summed E-state index contributed by atoms with van der Waals surface area (Å²) in [5, 5.41) is 11.1. The van der Waals surface area contributed by atoms with Crippen LogP contribution in [0.15, 0.2) is 47.4 Å². The lowest BCUT2D eigenvalue weighted by Crippen LogP contribution is -2.28. The number of thiophene rings is 1. The summed E-state index contributed by atoms with van der Waals surface area (Å²) >= 11 is 9.74. The molecule has 0 spiro atoms. The predicted molar refractivity (Wildman–Crippen MR) is 124 cm³/mol. The van der Waals surface area contributed by atoms with Crippen LogP contribution < -0.4 is 5.32 Å². The number of carbonyl (C=O) groups is 2. The molecule has 3 rings (SSSR count). The van der Waals surface area contributed by atoms with E-state index in [9.17, 15) is 9.59 Å². The second kappa shape index (κ2) is 10.3. The van der Waals surface area contributed by atoms with E-state index in [1.807, 2.05) is 35.4 Å². The first-order valence-electron chi connectivity index (χ1n) is 8.87. The highest BCUT2D eigenvalue weighted by Crippen LogP contribution is 2.27. The Balaban J connectivity index is 1.54. The number of hydrogen-bond acceptors (Lipinski definition) is 6. The largest absolute Gasteiger partial charge is 0.350 e. The molecule has 0 unspecified atom stereocenters. The smallest absolute Gasteiger partial charge is 0.261 e. The first-order chi connectivity index (χ1) is 14.0. The van der Waals surface area contributed by atoms with Crippen LogP contribution in [0.25, 0.3) is 0 Å². The molecule has 0 aliphatic carbocycles. The number of amides is 1. The van der Waals surface area contributed by atoms with Crippen molar-refractivity contribution < 1.29 is 9.59 Å². The SMILES string of the molecule is CSc1cc(C(=N)N2CC=CC2)ccc1C(=O)SCCNC(=O)c1ccc(Cl)s1. The zero-order chi connectivity index (χ0) is 20.8. The van der Waals surface area contributed by atoms with Gasteiger partial charge in [-0.25, -0.2) is 0 Å². The molecule has 0 radical (unpaired) electrons. The average Bonchev–Trinajstić information content (AvgIpc) is 3.41. The van der Waals surface area contributed by atoms with Gasteiger partial charge in [0.15, 0.2) is 0 Å². The second-order valence-corrected chi connectivity index (χ2v) is 9.77. The first-order valence-corrected chi connectivity index (χ1v) is 12.3. The normalized spacial score (nSPS) is 13.0. The van der Waals surface area contributed by atoms with Gasteiger partial charge in [0.05, 0.1) is 9.21 Å². The van der Waals surface area contributed by atoms with Crippen molar-refractivity contribution in [3.05, 3.63) is 62.8 Å². The van der Waals surface area contributed by atoms with Crippen LogP contribution in [-0.4, -0.2) is 53.4 Å². The van der Waals surface area contributed by atoms with Gasteiger partial charge in [0, 0.05) is 41.4 Å². The molecule has 0 atom stereocenters. The molecule has 1 amide bonds. The van der Waals surface area contributed by atoms with Gasteiger partial charge in [-0.1, -0.05) is 41.6 Å². The first kappa shape index (κ1) is 22.0. The van der Waals surface area contributed by atoms with E-state index >= 15 is 0 Å². The summed E-state index contributed by atoms with van der Waals surface area (Å²) in [6.07, 6.45) is 6.02. The third kappa shape index (κ3) is 5.66. The number of rotatable bonds is 7. The Kier molecular flexibility index (Phi) is 7.83. The zero-order valence-corrected chi connectivity index (χ0v) is 18.9. The highest BCUT2D eigenvalue weighted by molar-refractivity contribution is 8.14. The third-order valence-electron chi connectivity index (χ3n) is 4.25. The lowest BCUT2D eigenvalue weighted by atomic mass is 10.1. The van der Waals surface area contributed by atoms with Crippen molar-refractivity contribution in [1.82, 2.24) is 10.2 Å². The molecule has 2 heterocycles. The topological polar surface area (TPSA) is 73.3 Å². The van der Waals surface area contributed by atoms with Crippen LogP contribution in [0.3, 0.4) is 0 Å². The Morgan fingerprint density at radius 2 is 2.00 bits per heavy atom. The van der Waals surface area contributed by atoms with Crippen molar-refractivity contribution in [3.8, 4) is 0 Å². The lowest BCUT2D eigenvalue weighted by Gasteiger charge is -2.19. The number of amidine groups is 1. The van der Waals surface area contributed by atoms with Crippen molar-refractivity contribution in [1.29, 1.82) is 5.41 Å². The Hall–Kier alpha value is -1.74. The maximum absolute atomic E-state index is 12.6. The van der Waals surface area contributed by atoms with Gasteiger partial charge >= 0.3 is 0 Å². The van der Waals surface area contributed by atoms with Crippen LogP contribution in [0, 0.1) is 5.41 Å². The number of thioether (sulfide) groups is 2. The minimum atomic E-state index is -0.181. The average molecular weight is 466 g/mol. The van der Waals surface area contributed by atoms with E-state index in [0.29, 0.717) is 32.9 Å². The number of nitrogens with zero attached hydrogens (tertiary/aromatic N) is 1. The zero-order valence-electron chi connectivity index (χ0n) is 15.7. The molecule has 1 aliphatic rings. The van der Waals surface area contributed by atoms with Gasteiger partial charge < -0.3 is 10.2 Å². The van der Waals surface area contributed by atoms with E-state index in [2.05, 4.69) is 5.32 Å². The highest BCUT2D eigenvalue weighted by Gasteiger charge is 2.17. The monoisotopic (exact) mass is 465 g/mol. The number of benzene rings is 1. The molecule has 29 heavy (non-hydrogen) atoms. The molecule has 5 nitrogen and oxygen atoms in total. The van der Waals surface area contributed by atoms with Gasteiger partial charge in [0.25, 0.3) is 5.91 Å². The molecule has 2 aromatic rings. The summed E-state index contributed by atoms with van der Waals surface area (Å²) in [5.74, 6) is 0.765. The van der Waals surface area contributed by atoms with Gasteiger partial charge in [-0.2, -0.15) is 0 Å². The fraction of sp³-hybridized carbons (Fsp3) is 0.250. The second-order valence-electron chi connectivity index (χ2n) is 6.14. The number of carbonyl (C=O) groups excluding carboxylic acids is 2. The summed E-state index contributed by atoms with van der Waals surface area (Å²) in [5.41, 5.74) is 1.44. The summed E-state index contributed by atoms with van der Waals surface area (Å²) in [6.45, 7) is 1.88. The summed E-state index contributed by atoms with van der Waals surface area (Å²) in [7, 11) is 0. The van der Waals surface area contributed by atoms with Gasteiger partial charge in [-0.15, -0.1) is 23.1 Å². The van der Waals surface area contributed by atoms with Gasteiger partial charge in [0.2, 0.25) is 5.12 Å². The van der Waals surface area contributed by atoms with Crippen LogP contribution in [0.5, 0.6) is 0 Å². The Bertz CT molecular complexity index is 950. The molecular weight excluding hydrogens is 446 g/mol. The van der Waals surface area contributed by atoms with E-state index in [0.717, 1.165) is 23.5 Å². The fourth-order valence-corrected chi connectivity index (χ4v) is 5.13. The van der Waals surface area contributed by atoms with Crippen molar-refractivity contribution in [3.63, 3.8) is 0 Å². The third-order valence-corrected chi connectivity index (χ3v) is 7.14. The van der Waals surface area contributed by atoms with Crippen molar-refractivity contribution in [2.75, 3.05) is 31.6 Å². The number of nitrogens with one attached hydrogen (secondary N) is 2. The molecule has 9 heteroatoms. The van der Waals surface area contributed by atoms with Gasteiger partial charge in [0.1, 0.15) is 5.84 Å². The van der Waals surface area contributed by atoms with Crippen LogP contribution in [0.2, 0.25) is 4.34 Å². The van der Waals surface area contributed by atoms with E-state index in [1.54, 1.807) is 18.2 Å². The van der Waals surface area contributed by atoms with Gasteiger partial charge in [-0.05, 0) is 30.5 Å². The maximum atomic E-state index is 12.6. The highest BCUT2D eigenvalue weighted by atomic mass is 35.5. The Morgan fingerprint density at radius 1 is 1.24 bits per heavy atom. The molecule has 0 saturated carbocycles. The summed E-state index contributed by atoms with van der Waals surface area (Å²) < 4.78 is 0.571. The molecule has 0 saturated heterocycles. The van der Waals surface area contributed by atoms with E-state index in [1.165, 1.54) is 34.9 Å². The van der Waals surface area contributed by atoms with Crippen LogP contribution in [-0.2, 0) is 0 Å². The Morgan fingerprint density at radius 3 is 2.66 bits per heavy atom. The number of halogens is 1. The van der Waals surface area contributed by atoms with Crippen molar-refractivity contribution in [2.24, 2.45) is 0 Å². The molecule has 2 N–H and O–H groups in total. The molecule has 152 valence electrons. The maximum Gasteiger partial charge on any atom is 0.261 e. The summed E-state index contributed by atoms with van der Waals surface area (Å²) in [6, 6.07) is 8.90. The van der Waals surface area contributed by atoms with E-state index < -0.39 is 0 Å². The van der Waals surface area contributed by atoms with Gasteiger partial charge in [-0.3, -0.25) is 15.0 Å². The minimum Gasteiger partial charge on any atom is -0.350 e. The predicted octanol–water partition coefficient (Wildman–Crippen LogP) is 4.62. The van der Waals surface area contributed by atoms with Crippen LogP contribution in [0.4, 0.5) is 0 Å². The van der Waals surface area contributed by atoms with Crippen LogP contribution in [0.1, 0.15) is 25.6 Å². The molecule has 1 aromatic carbocycles. The quantitative estimate of drug-likeness (QED) is 0.205. The molecule has 0 bridgehead atoms. The van der Waals surface area contributed by atoms with Crippen LogP contribution >= 0.6 is 46.5 Å². The van der Waals surface area contributed by atoms with E-state index in [4.69, 9.17) is 17.0 Å². The van der Waals surface area contributed by atoms with E-state index in [-0.39, 0.29) is 11.0 Å². The molecule has 1 aromatic heterocycles. The number of hydrogen-bond donors (Lipinski definition) is 2. The van der Waals surface area contributed by atoms with Crippen molar-refractivity contribution in [2.45, 2.75) is 4.90 Å². The summed E-state index contributed by atoms with van der Waals surface area (Å²) in [4.78, 5) is 28.0. The minimum absolute atomic E-state index is 0.0383. The standard InChI is InChI=1S/C20H20ClN3O2S3/c1-27-16-12-13(18(22)24-9-2-3-10-24)4-5-14(16)20(26)28-11-8-23-19(25)15-6-7-17(21)29-15/h2-7,12,22H,8-11H2,1H3,(H,23,25). The molecule has 0 fully saturated rings. The molecular formula is C20H20ClN3O2S3. The fourth-order valence-electron chi connectivity index (χ4n) is 2.76. The Labute approximate surface area is 187 Å². The molecule has 1 aliphatic heterocycles.